The molecule has 3 rings (SSSR count). The van der Waals surface area contributed by atoms with Crippen molar-refractivity contribution in [2.45, 2.75) is 0 Å². The number of phenols is 1. The van der Waals surface area contributed by atoms with Crippen LogP contribution in [-0.2, 0) is 4.79 Å². The Balaban J connectivity index is 1.84. The maximum atomic E-state index is 12.2. The summed E-state index contributed by atoms with van der Waals surface area (Å²) in [6, 6.07) is 9.05. The van der Waals surface area contributed by atoms with E-state index in [1.165, 1.54) is 18.2 Å². The number of halogens is 1. The average molecular weight is 319 g/mol. The van der Waals surface area contributed by atoms with Crippen molar-refractivity contribution < 1.29 is 19.4 Å². The van der Waals surface area contributed by atoms with Crippen molar-refractivity contribution >= 4 is 34.8 Å². The van der Waals surface area contributed by atoms with Gasteiger partial charge < -0.3 is 20.5 Å². The van der Waals surface area contributed by atoms with Crippen molar-refractivity contribution in [1.29, 1.82) is 0 Å². The topological polar surface area (TPSA) is 87.7 Å². The molecule has 0 saturated carbocycles. The van der Waals surface area contributed by atoms with Gasteiger partial charge in [0.25, 0.3) is 11.8 Å². The number of carbonyl (C=O) groups excluding carboxylic acids is 2. The first-order valence-electron chi connectivity index (χ1n) is 6.39. The molecular weight excluding hydrogens is 308 g/mol. The number of ether oxygens (including phenoxy) is 1. The number of aromatic hydroxyl groups is 1. The van der Waals surface area contributed by atoms with Crippen LogP contribution in [0.15, 0.2) is 36.4 Å². The number of carbonyl (C=O) groups is 2. The molecule has 0 saturated heterocycles. The van der Waals surface area contributed by atoms with Crippen LogP contribution < -0.4 is 15.4 Å². The van der Waals surface area contributed by atoms with Crippen molar-refractivity contribution in [1.82, 2.24) is 0 Å². The van der Waals surface area contributed by atoms with Crippen LogP contribution in [-0.4, -0.2) is 23.5 Å². The van der Waals surface area contributed by atoms with Gasteiger partial charge in [0, 0.05) is 10.7 Å². The predicted octanol–water partition coefficient (Wildman–Crippen LogP) is 2.63. The summed E-state index contributed by atoms with van der Waals surface area (Å²) in [4.78, 5) is 23.5. The lowest BCUT2D eigenvalue weighted by Crippen LogP contribution is -2.25. The minimum absolute atomic E-state index is 0.0326. The first kappa shape index (κ1) is 14.2. The number of benzene rings is 2. The lowest BCUT2D eigenvalue weighted by Gasteiger charge is -2.18. The second-order valence-corrected chi connectivity index (χ2v) is 5.10. The molecule has 0 radical (unpaired) electrons. The summed E-state index contributed by atoms with van der Waals surface area (Å²) in [6.45, 7) is -0.0326. The minimum Gasteiger partial charge on any atom is -0.507 e. The Morgan fingerprint density at radius 1 is 1.27 bits per heavy atom. The molecule has 0 bridgehead atoms. The Labute approximate surface area is 130 Å². The zero-order chi connectivity index (χ0) is 15.7. The summed E-state index contributed by atoms with van der Waals surface area (Å²) in [5.74, 6) is -0.411. The molecule has 0 aliphatic carbocycles. The van der Waals surface area contributed by atoms with Gasteiger partial charge in [-0.25, -0.2) is 0 Å². The zero-order valence-electron chi connectivity index (χ0n) is 11.2. The standard InChI is InChI=1S/C15H11ClN2O4/c16-8-1-3-12(19)10(5-8)15(21)17-9-2-4-13-11(6-9)18-14(20)7-22-13/h1-6,19H,7H2,(H,17,21)(H,18,20). The van der Waals surface area contributed by atoms with Gasteiger partial charge in [-0.2, -0.15) is 0 Å². The number of nitrogens with one attached hydrogen (secondary N) is 2. The lowest BCUT2D eigenvalue weighted by molar-refractivity contribution is -0.118. The molecule has 1 heterocycles. The SMILES string of the molecule is O=C1COc2ccc(NC(=O)c3cc(Cl)ccc3O)cc2N1. The fraction of sp³-hybridized carbons (Fsp3) is 0.0667. The van der Waals surface area contributed by atoms with E-state index in [1.54, 1.807) is 18.2 Å². The van der Waals surface area contributed by atoms with Gasteiger partial charge >= 0.3 is 0 Å². The smallest absolute Gasteiger partial charge is 0.262 e. The van der Waals surface area contributed by atoms with Crippen molar-refractivity contribution in [3.05, 3.63) is 47.0 Å². The van der Waals surface area contributed by atoms with Gasteiger partial charge in [-0.3, -0.25) is 9.59 Å². The molecule has 2 aromatic rings. The van der Waals surface area contributed by atoms with E-state index in [1.807, 2.05) is 0 Å². The molecule has 2 amide bonds. The Kier molecular flexibility index (Phi) is 3.60. The van der Waals surface area contributed by atoms with Crippen LogP contribution in [0.25, 0.3) is 0 Å². The van der Waals surface area contributed by atoms with Gasteiger partial charge in [-0.15, -0.1) is 0 Å². The molecule has 7 heteroatoms. The second-order valence-electron chi connectivity index (χ2n) is 4.66. The Morgan fingerprint density at radius 3 is 2.91 bits per heavy atom. The molecular formula is C15H11ClN2O4. The molecule has 112 valence electrons. The summed E-state index contributed by atoms with van der Waals surface area (Å²) in [5.41, 5.74) is 0.990. The number of phenolic OH excluding ortho intramolecular Hbond substituents is 1. The Morgan fingerprint density at radius 2 is 2.09 bits per heavy atom. The fourth-order valence-corrected chi connectivity index (χ4v) is 2.22. The van der Waals surface area contributed by atoms with E-state index in [-0.39, 0.29) is 23.8 Å². The highest BCUT2D eigenvalue weighted by molar-refractivity contribution is 6.31. The monoisotopic (exact) mass is 318 g/mol. The molecule has 0 atom stereocenters. The van der Waals surface area contributed by atoms with Crippen LogP contribution in [0, 0.1) is 0 Å². The van der Waals surface area contributed by atoms with Crippen molar-refractivity contribution in [3.8, 4) is 11.5 Å². The van der Waals surface area contributed by atoms with E-state index >= 15 is 0 Å². The van der Waals surface area contributed by atoms with E-state index in [0.717, 1.165) is 0 Å². The minimum atomic E-state index is -0.511. The summed E-state index contributed by atoms with van der Waals surface area (Å²) < 4.78 is 5.23. The van der Waals surface area contributed by atoms with Gasteiger partial charge in [0.1, 0.15) is 11.5 Å². The maximum absolute atomic E-state index is 12.2. The number of anilines is 2. The van der Waals surface area contributed by atoms with Crippen LogP contribution in [0.4, 0.5) is 11.4 Å². The lowest BCUT2D eigenvalue weighted by atomic mass is 10.1. The second kappa shape index (κ2) is 5.57. The number of fused-ring (bicyclic) bond motifs is 1. The highest BCUT2D eigenvalue weighted by atomic mass is 35.5. The fourth-order valence-electron chi connectivity index (χ4n) is 2.05. The van der Waals surface area contributed by atoms with Crippen molar-refractivity contribution in [3.63, 3.8) is 0 Å². The number of amides is 2. The molecule has 3 N–H and O–H groups in total. The summed E-state index contributed by atoms with van der Waals surface area (Å²) in [7, 11) is 0. The molecule has 1 aliphatic rings. The third-order valence-electron chi connectivity index (χ3n) is 3.07. The van der Waals surface area contributed by atoms with Crippen LogP contribution >= 0.6 is 11.6 Å². The summed E-state index contributed by atoms with van der Waals surface area (Å²) in [5, 5.41) is 15.3. The molecule has 6 nitrogen and oxygen atoms in total. The van der Waals surface area contributed by atoms with E-state index in [0.29, 0.717) is 22.1 Å². The van der Waals surface area contributed by atoms with Crippen molar-refractivity contribution in [2.75, 3.05) is 17.2 Å². The Hall–Kier alpha value is -2.73. The first-order chi connectivity index (χ1) is 10.5. The highest BCUT2D eigenvalue weighted by Crippen LogP contribution is 2.31. The summed E-state index contributed by atoms with van der Waals surface area (Å²) >= 11 is 5.82. The van der Waals surface area contributed by atoms with Crippen LogP contribution in [0.5, 0.6) is 11.5 Å². The number of hydrogen-bond donors (Lipinski definition) is 3. The number of rotatable bonds is 2. The van der Waals surface area contributed by atoms with Crippen LogP contribution in [0.2, 0.25) is 5.02 Å². The molecule has 0 fully saturated rings. The third-order valence-corrected chi connectivity index (χ3v) is 3.31. The normalized spacial score (nSPS) is 12.9. The van der Waals surface area contributed by atoms with E-state index < -0.39 is 5.91 Å². The molecule has 0 spiro atoms. The predicted molar refractivity (Wildman–Crippen MR) is 81.6 cm³/mol. The zero-order valence-corrected chi connectivity index (χ0v) is 12.0. The summed E-state index contributed by atoms with van der Waals surface area (Å²) in [6.07, 6.45) is 0. The maximum Gasteiger partial charge on any atom is 0.262 e. The van der Waals surface area contributed by atoms with Gasteiger partial charge in [0.2, 0.25) is 0 Å². The van der Waals surface area contributed by atoms with E-state index in [2.05, 4.69) is 10.6 Å². The largest absolute Gasteiger partial charge is 0.507 e. The van der Waals surface area contributed by atoms with E-state index in [4.69, 9.17) is 16.3 Å². The molecule has 22 heavy (non-hydrogen) atoms. The highest BCUT2D eigenvalue weighted by Gasteiger charge is 2.17. The molecule has 0 aromatic heterocycles. The molecule has 2 aromatic carbocycles. The quantitative estimate of drug-likeness (QED) is 0.794. The van der Waals surface area contributed by atoms with Gasteiger partial charge in [-0.05, 0) is 36.4 Å². The van der Waals surface area contributed by atoms with Gasteiger partial charge in [0.15, 0.2) is 6.61 Å². The average Bonchev–Trinajstić information content (AvgIpc) is 2.49. The first-order valence-corrected chi connectivity index (χ1v) is 6.77. The number of hydrogen-bond acceptors (Lipinski definition) is 4. The molecule has 0 unspecified atom stereocenters. The van der Waals surface area contributed by atoms with Crippen LogP contribution in [0.1, 0.15) is 10.4 Å². The third kappa shape index (κ3) is 2.82. The van der Waals surface area contributed by atoms with Gasteiger partial charge in [0.05, 0.1) is 11.3 Å². The molecule has 1 aliphatic heterocycles. The Bertz CT molecular complexity index is 776. The van der Waals surface area contributed by atoms with Crippen molar-refractivity contribution in [2.24, 2.45) is 0 Å². The van der Waals surface area contributed by atoms with E-state index in [9.17, 15) is 14.7 Å². The van der Waals surface area contributed by atoms with Crippen LogP contribution in [0.3, 0.4) is 0 Å². The van der Waals surface area contributed by atoms with Gasteiger partial charge in [-0.1, -0.05) is 11.6 Å².